The molecule has 3 nitrogen and oxygen atoms in total. The van der Waals surface area contributed by atoms with E-state index in [0.29, 0.717) is 12.6 Å². The molecular weight excluding hydrogens is 200 g/mol. The standard InChI is InChI=1S/C13H22N2O/c1-14-8-4-6-13(14)11-15-9-3-2-5-12(15)7-10-16/h4,6,8,12,16H,2-3,5,7,9-11H2,1H3. The lowest BCUT2D eigenvalue weighted by Gasteiger charge is -2.35. The smallest absolute Gasteiger partial charge is 0.0445 e. The van der Waals surface area contributed by atoms with Crippen LogP contribution in [0.4, 0.5) is 0 Å². The molecule has 16 heavy (non-hydrogen) atoms. The second kappa shape index (κ2) is 5.51. The first kappa shape index (κ1) is 11.7. The normalized spacial score (nSPS) is 22.5. The van der Waals surface area contributed by atoms with Gasteiger partial charge in [-0.1, -0.05) is 6.42 Å². The van der Waals surface area contributed by atoms with Crippen molar-refractivity contribution in [1.82, 2.24) is 9.47 Å². The van der Waals surface area contributed by atoms with Crippen molar-refractivity contribution in [3.05, 3.63) is 24.0 Å². The van der Waals surface area contributed by atoms with Gasteiger partial charge in [-0.2, -0.15) is 0 Å². The fraction of sp³-hybridized carbons (Fsp3) is 0.692. The monoisotopic (exact) mass is 222 g/mol. The largest absolute Gasteiger partial charge is 0.396 e. The van der Waals surface area contributed by atoms with Crippen LogP contribution in [0, 0.1) is 0 Å². The molecule has 0 spiro atoms. The van der Waals surface area contributed by atoms with Gasteiger partial charge in [0.25, 0.3) is 0 Å². The molecule has 2 heterocycles. The molecule has 0 aromatic carbocycles. The Morgan fingerprint density at radius 3 is 3.00 bits per heavy atom. The highest BCUT2D eigenvalue weighted by Gasteiger charge is 2.22. The molecule has 3 heteroatoms. The van der Waals surface area contributed by atoms with Gasteiger partial charge >= 0.3 is 0 Å². The Morgan fingerprint density at radius 1 is 1.44 bits per heavy atom. The average molecular weight is 222 g/mol. The van der Waals surface area contributed by atoms with Gasteiger partial charge < -0.3 is 9.67 Å². The number of aliphatic hydroxyl groups is 1. The predicted molar refractivity (Wildman–Crippen MR) is 65.2 cm³/mol. The van der Waals surface area contributed by atoms with Gasteiger partial charge in [-0.05, 0) is 37.9 Å². The van der Waals surface area contributed by atoms with Gasteiger partial charge in [-0.3, -0.25) is 4.90 Å². The lowest BCUT2D eigenvalue weighted by atomic mass is 9.99. The zero-order valence-corrected chi connectivity index (χ0v) is 10.1. The molecule has 1 atom stereocenters. The molecule has 1 aromatic heterocycles. The van der Waals surface area contributed by atoms with Gasteiger partial charge in [-0.25, -0.2) is 0 Å². The Balaban J connectivity index is 1.98. The SMILES string of the molecule is Cn1cccc1CN1CCCCC1CCO. The van der Waals surface area contributed by atoms with E-state index in [-0.39, 0.29) is 0 Å². The van der Waals surface area contributed by atoms with Gasteiger partial charge in [0.1, 0.15) is 0 Å². The first-order valence-corrected chi connectivity index (χ1v) is 6.26. The van der Waals surface area contributed by atoms with Crippen molar-refractivity contribution in [2.45, 2.75) is 38.3 Å². The predicted octanol–water partition coefficient (Wildman–Crippen LogP) is 1.76. The van der Waals surface area contributed by atoms with Crippen LogP contribution in [0.2, 0.25) is 0 Å². The van der Waals surface area contributed by atoms with Crippen LogP contribution in [0.3, 0.4) is 0 Å². The van der Waals surface area contributed by atoms with Crippen LogP contribution in [0.25, 0.3) is 0 Å². The van der Waals surface area contributed by atoms with Crippen molar-refractivity contribution in [2.75, 3.05) is 13.2 Å². The molecule has 1 N–H and O–H groups in total. The summed E-state index contributed by atoms with van der Waals surface area (Å²) in [7, 11) is 2.10. The molecule has 1 fully saturated rings. The van der Waals surface area contributed by atoms with Crippen LogP contribution < -0.4 is 0 Å². The number of piperidine rings is 1. The van der Waals surface area contributed by atoms with E-state index in [1.54, 1.807) is 0 Å². The highest BCUT2D eigenvalue weighted by Crippen LogP contribution is 2.21. The van der Waals surface area contributed by atoms with E-state index in [9.17, 15) is 0 Å². The fourth-order valence-corrected chi connectivity index (χ4v) is 2.61. The van der Waals surface area contributed by atoms with Crippen LogP contribution in [0.1, 0.15) is 31.4 Å². The Hall–Kier alpha value is -0.800. The molecule has 1 aliphatic heterocycles. The minimum Gasteiger partial charge on any atom is -0.396 e. The number of hydrogen-bond acceptors (Lipinski definition) is 2. The highest BCUT2D eigenvalue weighted by atomic mass is 16.3. The van der Waals surface area contributed by atoms with E-state index < -0.39 is 0 Å². The fourth-order valence-electron chi connectivity index (χ4n) is 2.61. The third-order valence-electron chi connectivity index (χ3n) is 3.63. The van der Waals surface area contributed by atoms with Crippen molar-refractivity contribution in [3.63, 3.8) is 0 Å². The molecule has 0 amide bonds. The van der Waals surface area contributed by atoms with Crippen LogP contribution in [-0.4, -0.2) is 33.8 Å². The number of rotatable bonds is 4. The number of hydrogen-bond donors (Lipinski definition) is 1. The summed E-state index contributed by atoms with van der Waals surface area (Å²) in [6.07, 6.45) is 6.87. The second-order valence-electron chi connectivity index (χ2n) is 4.74. The van der Waals surface area contributed by atoms with Crippen LogP contribution in [-0.2, 0) is 13.6 Å². The van der Waals surface area contributed by atoms with Crippen LogP contribution in [0.5, 0.6) is 0 Å². The third kappa shape index (κ3) is 2.66. The van der Waals surface area contributed by atoms with Gasteiger partial charge in [0.2, 0.25) is 0 Å². The lowest BCUT2D eigenvalue weighted by molar-refractivity contribution is 0.110. The summed E-state index contributed by atoms with van der Waals surface area (Å²) in [4.78, 5) is 2.52. The Labute approximate surface area is 97.7 Å². The average Bonchev–Trinajstić information content (AvgIpc) is 2.68. The Kier molecular flexibility index (Phi) is 4.02. The van der Waals surface area contributed by atoms with Crippen LogP contribution in [0.15, 0.2) is 18.3 Å². The molecule has 0 radical (unpaired) electrons. The molecule has 2 rings (SSSR count). The van der Waals surface area contributed by atoms with E-state index in [4.69, 9.17) is 5.11 Å². The minimum atomic E-state index is 0.314. The summed E-state index contributed by atoms with van der Waals surface area (Å²) in [5, 5.41) is 9.09. The molecule has 0 saturated carbocycles. The van der Waals surface area contributed by atoms with Crippen molar-refractivity contribution in [1.29, 1.82) is 0 Å². The van der Waals surface area contributed by atoms with Gasteiger partial charge in [0, 0.05) is 38.1 Å². The molecule has 1 unspecified atom stereocenters. The van der Waals surface area contributed by atoms with Gasteiger partial charge in [0.15, 0.2) is 0 Å². The molecule has 1 saturated heterocycles. The maximum atomic E-state index is 9.09. The van der Waals surface area contributed by atoms with Gasteiger partial charge in [-0.15, -0.1) is 0 Å². The zero-order valence-electron chi connectivity index (χ0n) is 10.1. The topological polar surface area (TPSA) is 28.4 Å². The molecular formula is C13H22N2O. The van der Waals surface area contributed by atoms with E-state index >= 15 is 0 Å². The summed E-state index contributed by atoms with van der Waals surface area (Å²) in [5.41, 5.74) is 1.37. The van der Waals surface area contributed by atoms with E-state index in [1.165, 1.54) is 31.5 Å². The zero-order chi connectivity index (χ0) is 11.4. The summed E-state index contributed by atoms with van der Waals surface area (Å²) in [6.45, 7) is 2.51. The molecule has 90 valence electrons. The Bertz CT molecular complexity index is 319. The second-order valence-corrected chi connectivity index (χ2v) is 4.74. The first-order chi connectivity index (χ1) is 7.81. The summed E-state index contributed by atoms with van der Waals surface area (Å²) in [5.74, 6) is 0. The highest BCUT2D eigenvalue weighted by molar-refractivity contribution is 5.06. The number of aryl methyl sites for hydroxylation is 1. The van der Waals surface area contributed by atoms with Crippen molar-refractivity contribution >= 4 is 0 Å². The van der Waals surface area contributed by atoms with Crippen molar-refractivity contribution in [2.24, 2.45) is 7.05 Å². The first-order valence-electron chi connectivity index (χ1n) is 6.26. The number of nitrogens with zero attached hydrogens (tertiary/aromatic N) is 2. The quantitative estimate of drug-likeness (QED) is 0.841. The minimum absolute atomic E-state index is 0.314. The molecule has 1 aromatic rings. The van der Waals surface area contributed by atoms with Crippen molar-refractivity contribution < 1.29 is 5.11 Å². The molecule has 1 aliphatic rings. The number of aromatic nitrogens is 1. The van der Waals surface area contributed by atoms with E-state index in [1.807, 2.05) is 0 Å². The summed E-state index contributed by atoms with van der Waals surface area (Å²) in [6, 6.07) is 4.86. The Morgan fingerprint density at radius 2 is 2.31 bits per heavy atom. The number of likely N-dealkylation sites (tertiary alicyclic amines) is 1. The number of aliphatic hydroxyl groups excluding tert-OH is 1. The lowest BCUT2D eigenvalue weighted by Crippen LogP contribution is -2.39. The molecule has 0 aliphatic carbocycles. The van der Waals surface area contributed by atoms with E-state index in [2.05, 4.69) is 34.8 Å². The van der Waals surface area contributed by atoms with Crippen LogP contribution >= 0.6 is 0 Å². The molecule has 0 bridgehead atoms. The summed E-state index contributed by atoms with van der Waals surface area (Å²) >= 11 is 0. The maximum Gasteiger partial charge on any atom is 0.0445 e. The third-order valence-corrected chi connectivity index (χ3v) is 3.63. The van der Waals surface area contributed by atoms with E-state index in [0.717, 1.165) is 13.0 Å². The maximum absolute atomic E-state index is 9.09. The van der Waals surface area contributed by atoms with Gasteiger partial charge in [0.05, 0.1) is 0 Å². The van der Waals surface area contributed by atoms with Crippen molar-refractivity contribution in [3.8, 4) is 0 Å². The summed E-state index contributed by atoms with van der Waals surface area (Å²) < 4.78 is 2.19.